The van der Waals surface area contributed by atoms with Crippen molar-refractivity contribution in [2.24, 2.45) is 4.99 Å². The summed E-state index contributed by atoms with van der Waals surface area (Å²) in [5.74, 6) is 0.563. The van der Waals surface area contributed by atoms with Gasteiger partial charge in [0.05, 0.1) is 12.8 Å². The molecular formula is C19H14F3NO. The number of aliphatic imine (C=N–C) groups is 1. The maximum atomic E-state index is 13.5. The summed E-state index contributed by atoms with van der Waals surface area (Å²) >= 11 is 0. The van der Waals surface area contributed by atoms with Crippen molar-refractivity contribution in [3.63, 3.8) is 0 Å². The van der Waals surface area contributed by atoms with Crippen molar-refractivity contribution in [1.29, 1.82) is 0 Å². The van der Waals surface area contributed by atoms with Crippen molar-refractivity contribution >= 4 is 22.2 Å². The largest absolute Gasteiger partial charge is 0.497 e. The molecule has 2 nitrogen and oxygen atoms in total. The molecule has 0 radical (unpaired) electrons. The van der Waals surface area contributed by atoms with Crippen LogP contribution in [0.3, 0.4) is 0 Å². The van der Waals surface area contributed by atoms with Gasteiger partial charge in [0.2, 0.25) is 0 Å². The predicted octanol–water partition coefficient (Wildman–Crippen LogP) is 5.53. The first-order chi connectivity index (χ1) is 11.5. The molecule has 0 heterocycles. The van der Waals surface area contributed by atoms with E-state index in [4.69, 9.17) is 4.74 Å². The molecule has 122 valence electrons. The van der Waals surface area contributed by atoms with Gasteiger partial charge in [-0.1, -0.05) is 36.4 Å². The number of rotatable bonds is 3. The molecule has 0 aliphatic carbocycles. The number of benzene rings is 3. The molecule has 0 bridgehead atoms. The van der Waals surface area contributed by atoms with Gasteiger partial charge in [0.25, 0.3) is 0 Å². The zero-order chi connectivity index (χ0) is 17.2. The minimum Gasteiger partial charge on any atom is -0.497 e. The maximum Gasteiger partial charge on any atom is 0.433 e. The molecule has 0 atom stereocenters. The van der Waals surface area contributed by atoms with Crippen LogP contribution >= 0.6 is 0 Å². The van der Waals surface area contributed by atoms with Gasteiger partial charge in [0.1, 0.15) is 5.75 Å². The maximum absolute atomic E-state index is 13.5. The lowest BCUT2D eigenvalue weighted by atomic mass is 10.0. The normalized spacial score (nSPS) is 12.4. The van der Waals surface area contributed by atoms with Crippen molar-refractivity contribution in [1.82, 2.24) is 0 Å². The Labute approximate surface area is 137 Å². The van der Waals surface area contributed by atoms with Gasteiger partial charge in [0.15, 0.2) is 5.71 Å². The average molecular weight is 329 g/mol. The summed E-state index contributed by atoms with van der Waals surface area (Å²) in [6.07, 6.45) is -4.55. The molecule has 5 heteroatoms. The van der Waals surface area contributed by atoms with Crippen molar-refractivity contribution in [3.8, 4) is 5.75 Å². The molecule has 0 unspecified atom stereocenters. The van der Waals surface area contributed by atoms with E-state index in [1.165, 1.54) is 31.4 Å². The smallest absolute Gasteiger partial charge is 0.433 e. The third-order valence-corrected chi connectivity index (χ3v) is 3.60. The van der Waals surface area contributed by atoms with Crippen molar-refractivity contribution < 1.29 is 17.9 Å². The topological polar surface area (TPSA) is 21.6 Å². The Morgan fingerprint density at radius 2 is 1.54 bits per heavy atom. The van der Waals surface area contributed by atoms with Crippen LogP contribution in [-0.4, -0.2) is 19.0 Å². The SMILES string of the molecule is COc1ccc(N=C(c2ccc3ccccc3c2)C(F)(F)F)cc1. The molecule has 0 aromatic heterocycles. The Balaban J connectivity index is 2.09. The van der Waals surface area contributed by atoms with E-state index in [9.17, 15) is 13.2 Å². The van der Waals surface area contributed by atoms with E-state index in [1.54, 1.807) is 30.3 Å². The minimum atomic E-state index is -4.55. The van der Waals surface area contributed by atoms with Crippen LogP contribution < -0.4 is 4.74 Å². The fourth-order valence-corrected chi connectivity index (χ4v) is 2.41. The van der Waals surface area contributed by atoms with Crippen LogP contribution in [0.15, 0.2) is 71.7 Å². The lowest BCUT2D eigenvalue weighted by Gasteiger charge is -2.12. The highest BCUT2D eigenvalue weighted by Gasteiger charge is 2.36. The Bertz CT molecular complexity index is 883. The lowest BCUT2D eigenvalue weighted by molar-refractivity contribution is -0.0579. The monoisotopic (exact) mass is 329 g/mol. The van der Waals surface area contributed by atoms with Gasteiger partial charge < -0.3 is 4.74 Å². The Morgan fingerprint density at radius 1 is 0.875 bits per heavy atom. The summed E-state index contributed by atoms with van der Waals surface area (Å²) in [6, 6.07) is 18.0. The van der Waals surface area contributed by atoms with Crippen LogP contribution in [0.2, 0.25) is 0 Å². The number of halogens is 3. The summed E-state index contributed by atoms with van der Waals surface area (Å²) in [5, 5.41) is 1.62. The summed E-state index contributed by atoms with van der Waals surface area (Å²) < 4.78 is 45.4. The molecule has 3 aromatic rings. The first-order valence-corrected chi connectivity index (χ1v) is 7.26. The van der Waals surface area contributed by atoms with E-state index >= 15 is 0 Å². The Hall–Kier alpha value is -2.82. The zero-order valence-corrected chi connectivity index (χ0v) is 12.8. The van der Waals surface area contributed by atoms with E-state index < -0.39 is 11.9 Å². The van der Waals surface area contributed by atoms with Crippen LogP contribution in [0.4, 0.5) is 18.9 Å². The summed E-state index contributed by atoms with van der Waals surface area (Å²) in [5.41, 5.74) is -0.660. The summed E-state index contributed by atoms with van der Waals surface area (Å²) in [7, 11) is 1.49. The predicted molar refractivity (Wildman–Crippen MR) is 89.2 cm³/mol. The molecule has 24 heavy (non-hydrogen) atoms. The molecule has 0 saturated carbocycles. The standard InChI is InChI=1S/C19H14F3NO/c1-24-17-10-8-16(9-11-17)23-18(19(20,21)22)15-7-6-13-4-2-3-5-14(13)12-15/h2-12H,1H3. The van der Waals surface area contributed by atoms with E-state index in [-0.39, 0.29) is 11.3 Å². The fourth-order valence-electron chi connectivity index (χ4n) is 2.41. The number of ether oxygens (including phenoxy) is 1. The second-order valence-corrected chi connectivity index (χ2v) is 5.22. The molecule has 0 spiro atoms. The van der Waals surface area contributed by atoms with Gasteiger partial charge in [0, 0.05) is 5.56 Å². The van der Waals surface area contributed by atoms with Crippen molar-refractivity contribution in [2.45, 2.75) is 6.18 Å². The zero-order valence-electron chi connectivity index (χ0n) is 12.8. The second kappa shape index (κ2) is 6.35. The molecule has 0 fully saturated rings. The van der Waals surface area contributed by atoms with E-state index in [0.717, 1.165) is 10.8 Å². The van der Waals surface area contributed by atoms with E-state index in [1.807, 2.05) is 12.1 Å². The molecule has 0 aliphatic heterocycles. The van der Waals surface area contributed by atoms with Crippen LogP contribution in [0.1, 0.15) is 5.56 Å². The van der Waals surface area contributed by atoms with Gasteiger partial charge in [-0.05, 0) is 41.1 Å². The molecule has 3 aromatic carbocycles. The van der Waals surface area contributed by atoms with Crippen molar-refractivity contribution in [3.05, 3.63) is 72.3 Å². The summed E-state index contributed by atoms with van der Waals surface area (Å²) in [4.78, 5) is 3.82. The van der Waals surface area contributed by atoms with Crippen LogP contribution in [0.25, 0.3) is 10.8 Å². The number of nitrogens with zero attached hydrogens (tertiary/aromatic N) is 1. The van der Waals surface area contributed by atoms with Gasteiger partial charge in [-0.25, -0.2) is 4.99 Å². The number of hydrogen-bond donors (Lipinski definition) is 0. The average Bonchev–Trinajstić information content (AvgIpc) is 2.59. The Kier molecular flexibility index (Phi) is 4.25. The number of methoxy groups -OCH3 is 1. The van der Waals surface area contributed by atoms with E-state index in [2.05, 4.69) is 4.99 Å². The van der Waals surface area contributed by atoms with Crippen LogP contribution in [-0.2, 0) is 0 Å². The number of hydrogen-bond acceptors (Lipinski definition) is 2. The van der Waals surface area contributed by atoms with Gasteiger partial charge >= 0.3 is 6.18 Å². The van der Waals surface area contributed by atoms with Crippen LogP contribution in [0, 0.1) is 0 Å². The second-order valence-electron chi connectivity index (χ2n) is 5.22. The highest BCUT2D eigenvalue weighted by molar-refractivity contribution is 6.08. The quantitative estimate of drug-likeness (QED) is 0.579. The fraction of sp³-hybridized carbons (Fsp3) is 0.105. The minimum absolute atomic E-state index is 0.0389. The molecule has 0 N–H and O–H groups in total. The van der Waals surface area contributed by atoms with E-state index in [0.29, 0.717) is 5.75 Å². The highest BCUT2D eigenvalue weighted by atomic mass is 19.4. The van der Waals surface area contributed by atoms with Gasteiger partial charge in [-0.3, -0.25) is 0 Å². The molecule has 0 amide bonds. The number of alkyl halides is 3. The first-order valence-electron chi connectivity index (χ1n) is 7.26. The summed E-state index contributed by atoms with van der Waals surface area (Å²) in [6.45, 7) is 0. The van der Waals surface area contributed by atoms with Crippen molar-refractivity contribution in [2.75, 3.05) is 7.11 Å². The lowest BCUT2D eigenvalue weighted by Crippen LogP contribution is -2.23. The molecule has 0 aliphatic rings. The molecular weight excluding hydrogens is 315 g/mol. The Morgan fingerprint density at radius 3 is 2.17 bits per heavy atom. The third-order valence-electron chi connectivity index (χ3n) is 3.60. The number of fused-ring (bicyclic) bond motifs is 1. The van der Waals surface area contributed by atoms with Gasteiger partial charge in [-0.2, -0.15) is 13.2 Å². The third kappa shape index (κ3) is 3.40. The van der Waals surface area contributed by atoms with Crippen LogP contribution in [0.5, 0.6) is 5.75 Å². The highest BCUT2D eigenvalue weighted by Crippen LogP contribution is 2.28. The first kappa shape index (κ1) is 16.1. The van der Waals surface area contributed by atoms with Gasteiger partial charge in [-0.15, -0.1) is 0 Å². The molecule has 3 rings (SSSR count). The molecule has 0 saturated heterocycles.